The highest BCUT2D eigenvalue weighted by atomic mass is 14.4. The maximum Gasteiger partial charge on any atom is -0.0349 e. The van der Waals surface area contributed by atoms with Gasteiger partial charge in [0, 0.05) is 0 Å². The third kappa shape index (κ3) is 0.798. The highest BCUT2D eigenvalue weighted by Crippen LogP contribution is 2.49. The average Bonchev–Trinajstić information content (AvgIpc) is 2.45. The van der Waals surface area contributed by atoms with Gasteiger partial charge in [-0.3, -0.25) is 0 Å². The first-order valence-electron chi connectivity index (χ1n) is 4.10. The van der Waals surface area contributed by atoms with E-state index in [1.807, 2.05) is 0 Å². The van der Waals surface area contributed by atoms with Crippen LogP contribution in [0.25, 0.3) is 0 Å². The first-order valence-corrected chi connectivity index (χ1v) is 4.10. The van der Waals surface area contributed by atoms with Gasteiger partial charge < -0.3 is 0 Å². The number of fused-ring (bicyclic) bond motifs is 2. The molecule has 0 N–H and O–H groups in total. The summed E-state index contributed by atoms with van der Waals surface area (Å²) in [5.41, 5.74) is 0. The minimum Gasteiger partial charge on any atom is -0.0502 e. The van der Waals surface area contributed by atoms with Crippen molar-refractivity contribution in [2.75, 3.05) is 0 Å². The van der Waals surface area contributed by atoms with E-state index in [4.69, 9.17) is 6.92 Å². The van der Waals surface area contributed by atoms with Gasteiger partial charge in [0.05, 0.1) is 0 Å². The van der Waals surface area contributed by atoms with E-state index in [1.54, 1.807) is 0 Å². The van der Waals surface area contributed by atoms with Gasteiger partial charge in [0.2, 0.25) is 0 Å². The summed E-state index contributed by atoms with van der Waals surface area (Å²) in [5, 5.41) is 0. The minimum atomic E-state index is 0.906. The van der Waals surface area contributed by atoms with Gasteiger partial charge in [-0.15, -0.1) is 0 Å². The second-order valence-corrected chi connectivity index (χ2v) is 3.67. The molecule has 0 aliphatic heterocycles. The highest BCUT2D eigenvalue weighted by molar-refractivity contribution is 4.89. The van der Waals surface area contributed by atoms with E-state index in [0.29, 0.717) is 0 Å². The summed E-state index contributed by atoms with van der Waals surface area (Å²) in [6, 6.07) is 0. The molecule has 9 heavy (non-hydrogen) atoms. The van der Waals surface area contributed by atoms with Crippen molar-refractivity contribution in [3.63, 3.8) is 0 Å². The van der Waals surface area contributed by atoms with Gasteiger partial charge in [0.1, 0.15) is 0 Å². The quantitative estimate of drug-likeness (QED) is 0.501. The van der Waals surface area contributed by atoms with Crippen LogP contribution >= 0.6 is 0 Å². The van der Waals surface area contributed by atoms with Crippen molar-refractivity contribution in [1.82, 2.24) is 0 Å². The van der Waals surface area contributed by atoms with Crippen LogP contribution in [0.5, 0.6) is 0 Å². The molecule has 3 unspecified atom stereocenters. The van der Waals surface area contributed by atoms with Gasteiger partial charge in [-0.1, -0.05) is 6.42 Å². The second-order valence-electron chi connectivity index (χ2n) is 3.67. The van der Waals surface area contributed by atoms with Gasteiger partial charge >= 0.3 is 0 Å². The van der Waals surface area contributed by atoms with E-state index in [9.17, 15) is 0 Å². The Morgan fingerprint density at radius 3 is 2.44 bits per heavy atom. The molecule has 0 nitrogen and oxygen atoms in total. The maximum atomic E-state index is 5.62. The van der Waals surface area contributed by atoms with Crippen LogP contribution in [0.3, 0.4) is 0 Å². The van der Waals surface area contributed by atoms with Crippen molar-refractivity contribution >= 4 is 0 Å². The molecule has 2 aliphatic rings. The lowest BCUT2D eigenvalue weighted by atomic mass is 9.87. The molecule has 0 saturated heterocycles. The molecule has 2 fully saturated rings. The smallest absolute Gasteiger partial charge is 0.0349 e. The van der Waals surface area contributed by atoms with E-state index >= 15 is 0 Å². The molecule has 2 aliphatic carbocycles. The Bertz CT molecular complexity index is 107. The second kappa shape index (κ2) is 2.00. The van der Waals surface area contributed by atoms with Gasteiger partial charge in [0.15, 0.2) is 0 Å². The van der Waals surface area contributed by atoms with Crippen LogP contribution in [0.15, 0.2) is 0 Å². The summed E-state index contributed by atoms with van der Waals surface area (Å²) in [5.74, 6) is 3.01. The van der Waals surface area contributed by atoms with Crippen LogP contribution in [-0.2, 0) is 0 Å². The van der Waals surface area contributed by atoms with Crippen molar-refractivity contribution in [2.45, 2.75) is 32.1 Å². The number of hydrogen-bond donors (Lipinski definition) is 0. The Labute approximate surface area is 57.6 Å². The summed E-state index contributed by atoms with van der Waals surface area (Å²) in [7, 11) is 0. The summed E-state index contributed by atoms with van der Waals surface area (Å²) in [4.78, 5) is 0. The molecule has 2 bridgehead atoms. The van der Waals surface area contributed by atoms with E-state index in [-0.39, 0.29) is 0 Å². The van der Waals surface area contributed by atoms with Crippen molar-refractivity contribution in [1.29, 1.82) is 0 Å². The number of rotatable bonds is 1. The summed E-state index contributed by atoms with van der Waals surface area (Å²) >= 11 is 0. The van der Waals surface area contributed by atoms with Gasteiger partial charge in [-0.05, 0) is 50.4 Å². The third-order valence-electron chi connectivity index (χ3n) is 3.19. The zero-order chi connectivity index (χ0) is 6.27. The Balaban J connectivity index is 2.01. The van der Waals surface area contributed by atoms with E-state index in [0.717, 1.165) is 24.2 Å². The molecule has 50 valence electrons. The summed E-state index contributed by atoms with van der Waals surface area (Å²) in [6.45, 7) is 5.62. The Morgan fingerprint density at radius 2 is 2.11 bits per heavy atom. The maximum absolute atomic E-state index is 5.62. The van der Waals surface area contributed by atoms with Crippen molar-refractivity contribution in [3.8, 4) is 0 Å². The molecule has 0 aromatic rings. The summed E-state index contributed by atoms with van der Waals surface area (Å²) < 4.78 is 0. The van der Waals surface area contributed by atoms with Crippen LogP contribution < -0.4 is 0 Å². The standard InChI is InChI=1S/C9H14/c1-2-8-5-7-3-4-9(8)6-7/h1,7-9H,2-6H2. The molecule has 2 saturated carbocycles. The number of hydrogen-bond acceptors (Lipinski definition) is 0. The highest BCUT2D eigenvalue weighted by Gasteiger charge is 2.37. The first kappa shape index (κ1) is 5.76. The monoisotopic (exact) mass is 122 g/mol. The first-order chi connectivity index (χ1) is 4.40. The zero-order valence-electron chi connectivity index (χ0n) is 5.84. The Hall–Kier alpha value is 0. The average molecular weight is 122 g/mol. The van der Waals surface area contributed by atoms with Crippen LogP contribution in [-0.4, -0.2) is 0 Å². The fourth-order valence-corrected chi connectivity index (χ4v) is 2.67. The van der Waals surface area contributed by atoms with Crippen LogP contribution in [0.2, 0.25) is 0 Å². The van der Waals surface area contributed by atoms with Gasteiger partial charge in [0.25, 0.3) is 0 Å². The van der Waals surface area contributed by atoms with Gasteiger partial charge in [-0.25, -0.2) is 0 Å². The van der Waals surface area contributed by atoms with Crippen molar-refractivity contribution in [3.05, 3.63) is 6.92 Å². The molecule has 0 heteroatoms. The molecular weight excluding hydrogens is 108 g/mol. The fourth-order valence-electron chi connectivity index (χ4n) is 2.67. The Morgan fingerprint density at radius 1 is 1.22 bits per heavy atom. The fraction of sp³-hybridized carbons (Fsp3) is 0.889. The largest absolute Gasteiger partial charge is 0.0502 e. The van der Waals surface area contributed by atoms with Crippen LogP contribution in [0.4, 0.5) is 0 Å². The molecule has 0 amide bonds. The lowest BCUT2D eigenvalue weighted by Crippen LogP contribution is -2.08. The van der Waals surface area contributed by atoms with E-state index in [1.165, 1.54) is 25.7 Å². The molecule has 0 spiro atoms. The van der Waals surface area contributed by atoms with Gasteiger partial charge in [-0.2, -0.15) is 0 Å². The van der Waals surface area contributed by atoms with Crippen LogP contribution in [0, 0.1) is 24.7 Å². The molecule has 0 aromatic heterocycles. The predicted octanol–water partition coefficient (Wildman–Crippen LogP) is 2.52. The van der Waals surface area contributed by atoms with Crippen LogP contribution in [0.1, 0.15) is 32.1 Å². The molecule has 2 rings (SSSR count). The lowest BCUT2D eigenvalue weighted by molar-refractivity contribution is 0.335. The lowest BCUT2D eigenvalue weighted by Gasteiger charge is -2.18. The normalized spacial score (nSPS) is 48.3. The Kier molecular flexibility index (Phi) is 1.28. The van der Waals surface area contributed by atoms with Crippen molar-refractivity contribution < 1.29 is 0 Å². The molecule has 3 atom stereocenters. The SMILES string of the molecule is [CH]CC1CC2CCC1C2. The zero-order valence-corrected chi connectivity index (χ0v) is 5.84. The molecule has 2 radical (unpaired) electrons. The van der Waals surface area contributed by atoms with Crippen molar-refractivity contribution in [2.24, 2.45) is 17.8 Å². The molecule has 0 aromatic carbocycles. The third-order valence-corrected chi connectivity index (χ3v) is 3.19. The van der Waals surface area contributed by atoms with E-state index in [2.05, 4.69) is 0 Å². The molecular formula is C9H14. The topological polar surface area (TPSA) is 0 Å². The predicted molar refractivity (Wildman–Crippen MR) is 37.9 cm³/mol. The molecule has 0 heterocycles. The minimum absolute atomic E-state index is 0.906. The summed E-state index contributed by atoms with van der Waals surface area (Å²) in [6.07, 6.45) is 6.87. The van der Waals surface area contributed by atoms with E-state index < -0.39 is 0 Å².